The summed E-state index contributed by atoms with van der Waals surface area (Å²) < 4.78 is 6.70. The largest absolute Gasteiger partial charge is 0.489 e. The van der Waals surface area contributed by atoms with Gasteiger partial charge in [-0.3, -0.25) is 4.99 Å². The predicted octanol–water partition coefficient (Wildman–Crippen LogP) is 6.29. The molecule has 3 heterocycles. The molecular weight excluding hydrogens is 458 g/mol. The Labute approximate surface area is 220 Å². The SMILES string of the molecule is C1=C[N+]2(N(c3cccc(OCc4ccccc4)c3)C3CCC(CN4CCCCC4)CC3)C=NC=C2C=N1. The van der Waals surface area contributed by atoms with Gasteiger partial charge in [-0.15, -0.1) is 4.59 Å². The summed E-state index contributed by atoms with van der Waals surface area (Å²) in [6.07, 6.45) is 19.0. The predicted molar refractivity (Wildman–Crippen MR) is 150 cm³/mol. The zero-order valence-electron chi connectivity index (χ0n) is 21.7. The van der Waals surface area contributed by atoms with Gasteiger partial charge < -0.3 is 9.64 Å². The molecule has 0 radical (unpaired) electrons. The van der Waals surface area contributed by atoms with Crippen molar-refractivity contribution in [2.24, 2.45) is 15.9 Å². The number of hydrogen-bond acceptors (Lipinski definition) is 5. The van der Waals surface area contributed by atoms with Crippen molar-refractivity contribution in [2.45, 2.75) is 57.6 Å². The topological polar surface area (TPSA) is 40.4 Å². The zero-order valence-corrected chi connectivity index (χ0v) is 21.7. The van der Waals surface area contributed by atoms with E-state index in [1.54, 1.807) is 0 Å². The number of allylic oxidation sites excluding steroid dienone is 1. The molecule has 37 heavy (non-hydrogen) atoms. The molecule has 2 aromatic carbocycles. The summed E-state index contributed by atoms with van der Waals surface area (Å²) in [6.45, 7) is 4.41. The summed E-state index contributed by atoms with van der Waals surface area (Å²) in [4.78, 5) is 11.7. The lowest BCUT2D eigenvalue weighted by molar-refractivity contribution is -0.746. The van der Waals surface area contributed by atoms with Crippen LogP contribution in [0.5, 0.6) is 5.75 Å². The average molecular weight is 497 g/mol. The molecule has 6 heteroatoms. The zero-order chi connectivity index (χ0) is 24.9. The Balaban J connectivity index is 1.23. The average Bonchev–Trinajstić information content (AvgIpc) is 3.39. The van der Waals surface area contributed by atoms with Gasteiger partial charge in [0.05, 0.1) is 30.3 Å². The lowest BCUT2D eigenvalue weighted by atomic mass is 9.84. The molecule has 1 saturated heterocycles. The van der Waals surface area contributed by atoms with Gasteiger partial charge in [0, 0.05) is 12.6 Å². The van der Waals surface area contributed by atoms with E-state index in [9.17, 15) is 0 Å². The smallest absolute Gasteiger partial charge is 0.225 e. The van der Waals surface area contributed by atoms with Crippen molar-refractivity contribution < 1.29 is 9.33 Å². The molecule has 1 aliphatic carbocycles. The van der Waals surface area contributed by atoms with E-state index in [1.165, 1.54) is 70.1 Å². The van der Waals surface area contributed by atoms with Gasteiger partial charge in [-0.1, -0.05) is 42.8 Å². The highest BCUT2D eigenvalue weighted by molar-refractivity contribution is 5.82. The first kappa shape index (κ1) is 24.1. The van der Waals surface area contributed by atoms with Gasteiger partial charge in [0.25, 0.3) is 0 Å². The van der Waals surface area contributed by atoms with Crippen LogP contribution >= 0.6 is 0 Å². The Kier molecular flexibility index (Phi) is 7.20. The number of quaternary nitrogens is 1. The second-order valence-corrected chi connectivity index (χ2v) is 10.8. The normalized spacial score (nSPS) is 27.1. The van der Waals surface area contributed by atoms with Crippen molar-refractivity contribution in [1.29, 1.82) is 0 Å². The van der Waals surface area contributed by atoms with E-state index >= 15 is 0 Å². The lowest BCUT2D eigenvalue weighted by Gasteiger charge is -2.46. The van der Waals surface area contributed by atoms with E-state index in [0.717, 1.165) is 23.1 Å². The third-order valence-electron chi connectivity index (χ3n) is 8.26. The highest BCUT2D eigenvalue weighted by Crippen LogP contribution is 2.40. The van der Waals surface area contributed by atoms with Crippen LogP contribution in [-0.4, -0.2) is 47.7 Å². The van der Waals surface area contributed by atoms with Gasteiger partial charge in [-0.05, 0) is 75.2 Å². The molecule has 4 aliphatic rings. The van der Waals surface area contributed by atoms with Crippen molar-refractivity contribution in [2.75, 3.05) is 24.6 Å². The molecule has 2 aromatic rings. The molecule has 6 rings (SSSR count). The molecule has 0 N–H and O–H groups in total. The number of likely N-dealkylation sites (tertiary alicyclic amines) is 1. The number of ether oxygens (including phenoxy) is 1. The molecule has 6 nitrogen and oxygen atoms in total. The van der Waals surface area contributed by atoms with Crippen LogP contribution in [-0.2, 0) is 6.61 Å². The minimum atomic E-state index is 0.408. The van der Waals surface area contributed by atoms with Crippen LogP contribution in [0, 0.1) is 5.92 Å². The summed E-state index contributed by atoms with van der Waals surface area (Å²) in [5.74, 6) is 1.69. The van der Waals surface area contributed by atoms with Crippen LogP contribution < -0.4 is 9.75 Å². The highest BCUT2D eigenvalue weighted by Gasteiger charge is 2.46. The van der Waals surface area contributed by atoms with Crippen molar-refractivity contribution in [3.63, 3.8) is 0 Å². The second-order valence-electron chi connectivity index (χ2n) is 10.8. The van der Waals surface area contributed by atoms with Gasteiger partial charge in [0.15, 0.2) is 6.20 Å². The van der Waals surface area contributed by atoms with Crippen molar-refractivity contribution >= 4 is 18.2 Å². The van der Waals surface area contributed by atoms with Crippen LogP contribution in [0.1, 0.15) is 50.5 Å². The molecule has 3 aliphatic heterocycles. The highest BCUT2D eigenvalue weighted by atomic mass is 16.5. The fourth-order valence-electron chi connectivity index (χ4n) is 6.34. The second kappa shape index (κ2) is 11.0. The van der Waals surface area contributed by atoms with Gasteiger partial charge in [0.1, 0.15) is 12.4 Å². The molecule has 0 spiro atoms. The van der Waals surface area contributed by atoms with Gasteiger partial charge in [0.2, 0.25) is 12.0 Å². The molecule has 0 bridgehead atoms. The van der Waals surface area contributed by atoms with Crippen molar-refractivity contribution in [1.82, 2.24) is 4.90 Å². The Hall–Kier alpha value is -3.22. The van der Waals surface area contributed by atoms with E-state index in [-0.39, 0.29) is 0 Å². The number of rotatable bonds is 8. The maximum atomic E-state index is 6.24. The Morgan fingerprint density at radius 3 is 2.59 bits per heavy atom. The minimum Gasteiger partial charge on any atom is -0.489 e. The Bertz CT molecular complexity index is 1180. The van der Waals surface area contributed by atoms with E-state index in [2.05, 4.69) is 74.6 Å². The number of fused-ring (bicyclic) bond motifs is 1. The van der Waals surface area contributed by atoms with Crippen molar-refractivity contribution in [3.8, 4) is 5.75 Å². The summed E-state index contributed by atoms with van der Waals surface area (Å²) in [5, 5.41) is 2.54. The molecular formula is C31H38N5O+. The Morgan fingerprint density at radius 2 is 1.76 bits per heavy atom. The molecule has 0 aromatic heterocycles. The summed E-state index contributed by atoms with van der Waals surface area (Å²) >= 11 is 0. The van der Waals surface area contributed by atoms with E-state index in [4.69, 9.17) is 4.74 Å². The monoisotopic (exact) mass is 496 g/mol. The number of piperidine rings is 1. The number of hydrogen-bond donors (Lipinski definition) is 0. The summed E-state index contributed by atoms with van der Waals surface area (Å²) in [6, 6.07) is 19.3. The summed E-state index contributed by atoms with van der Waals surface area (Å²) in [7, 11) is 0. The standard InChI is InChI=1S/C31H38N5O/c1-3-8-27(9-4-1)24-37-31-11-7-10-29(20-31)35(36-19-16-32-21-30(36)22-33-25-36)28-14-12-26(13-15-28)23-34-17-5-2-6-18-34/h1,3-4,7-11,16,19-22,25-26,28H,2,5-6,12-15,17-18,23-24H2/q+1. The molecule has 2 fully saturated rings. The van der Waals surface area contributed by atoms with Crippen LogP contribution in [0.15, 0.2) is 88.9 Å². The van der Waals surface area contributed by atoms with Crippen molar-refractivity contribution in [3.05, 3.63) is 84.5 Å². The summed E-state index contributed by atoms with van der Waals surface area (Å²) in [5.41, 5.74) is 3.41. The minimum absolute atomic E-state index is 0.408. The fraction of sp³-hybridized carbons (Fsp3) is 0.419. The molecule has 192 valence electrons. The van der Waals surface area contributed by atoms with Crippen LogP contribution in [0.25, 0.3) is 0 Å². The quantitative estimate of drug-likeness (QED) is 0.404. The van der Waals surface area contributed by atoms with E-state index in [0.29, 0.717) is 17.2 Å². The first-order chi connectivity index (χ1) is 18.3. The Morgan fingerprint density at radius 1 is 0.919 bits per heavy atom. The molecule has 1 saturated carbocycles. The fourth-order valence-corrected chi connectivity index (χ4v) is 6.34. The van der Waals surface area contributed by atoms with E-state index in [1.807, 2.05) is 31.0 Å². The van der Waals surface area contributed by atoms with Gasteiger partial charge in [-0.2, -0.15) is 0 Å². The maximum absolute atomic E-state index is 6.24. The number of benzene rings is 2. The third-order valence-corrected chi connectivity index (χ3v) is 8.26. The van der Waals surface area contributed by atoms with Crippen LogP contribution in [0.4, 0.5) is 5.69 Å². The maximum Gasteiger partial charge on any atom is 0.225 e. The molecule has 1 atom stereocenters. The van der Waals surface area contributed by atoms with Crippen LogP contribution in [0.2, 0.25) is 0 Å². The van der Waals surface area contributed by atoms with Gasteiger partial charge in [-0.25, -0.2) is 10.0 Å². The number of aliphatic imine (C=N–C) groups is 2. The molecule has 0 amide bonds. The number of nitrogens with zero attached hydrogens (tertiary/aromatic N) is 5. The third kappa shape index (κ3) is 5.27. The van der Waals surface area contributed by atoms with Gasteiger partial charge >= 0.3 is 0 Å². The van der Waals surface area contributed by atoms with E-state index < -0.39 is 0 Å². The number of anilines is 1. The first-order valence-corrected chi connectivity index (χ1v) is 13.9. The molecule has 1 unspecified atom stereocenters. The lowest BCUT2D eigenvalue weighted by Crippen LogP contribution is -2.60. The first-order valence-electron chi connectivity index (χ1n) is 13.9. The van der Waals surface area contributed by atoms with Crippen LogP contribution in [0.3, 0.4) is 0 Å².